The van der Waals surface area contributed by atoms with Crippen LogP contribution in [0.5, 0.6) is 0 Å². The molecule has 3 nitrogen and oxygen atoms in total. The predicted molar refractivity (Wildman–Crippen MR) is 53.9 cm³/mol. The fourth-order valence-electron chi connectivity index (χ4n) is 1.44. The lowest BCUT2D eigenvalue weighted by atomic mass is 10.2. The van der Waals surface area contributed by atoms with Crippen LogP contribution < -0.4 is 0 Å². The molecule has 66 valence electrons. The molecule has 0 radical (unpaired) electrons. The number of rotatable bonds is 2. The second-order valence-corrected chi connectivity index (χ2v) is 4.10. The molecule has 12 heavy (non-hydrogen) atoms. The van der Waals surface area contributed by atoms with Crippen molar-refractivity contribution in [2.24, 2.45) is 0 Å². The first-order valence-corrected chi connectivity index (χ1v) is 5.23. The van der Waals surface area contributed by atoms with Gasteiger partial charge in [-0.15, -0.1) is 0 Å². The zero-order valence-electron chi connectivity index (χ0n) is 6.74. The van der Waals surface area contributed by atoms with Gasteiger partial charge in [0.25, 0.3) is 0 Å². The van der Waals surface area contributed by atoms with Crippen LogP contribution in [-0.4, -0.2) is 22.5 Å². The van der Waals surface area contributed by atoms with Gasteiger partial charge in [0.2, 0.25) is 0 Å². The second-order valence-electron chi connectivity index (χ2n) is 3.00. The molecule has 2 heterocycles. The Morgan fingerprint density at radius 2 is 2.67 bits per heavy atom. The summed E-state index contributed by atoms with van der Waals surface area (Å²) in [6.07, 6.45) is 4.77. The fourth-order valence-corrected chi connectivity index (χ4v) is 1.87. The number of hydrogen-bond donors (Lipinski definition) is 0. The van der Waals surface area contributed by atoms with Gasteiger partial charge in [-0.25, -0.2) is 0 Å². The summed E-state index contributed by atoms with van der Waals surface area (Å²) in [6, 6.07) is 2.01. The van der Waals surface area contributed by atoms with E-state index in [1.165, 1.54) is 12.8 Å². The average molecular weight is 278 g/mol. The molecule has 0 aliphatic carbocycles. The predicted octanol–water partition coefficient (Wildman–Crippen LogP) is 1.67. The summed E-state index contributed by atoms with van der Waals surface area (Å²) in [6.45, 7) is 1.83. The van der Waals surface area contributed by atoms with E-state index in [2.05, 4.69) is 27.7 Å². The van der Waals surface area contributed by atoms with Crippen LogP contribution in [0.25, 0.3) is 0 Å². The Morgan fingerprint density at radius 1 is 1.75 bits per heavy atom. The molecule has 1 fully saturated rings. The third-order valence-electron chi connectivity index (χ3n) is 2.02. The molecule has 0 bridgehead atoms. The molecule has 1 unspecified atom stereocenters. The Labute approximate surface area is 85.2 Å². The van der Waals surface area contributed by atoms with E-state index in [-0.39, 0.29) is 0 Å². The normalized spacial score (nSPS) is 23.2. The first-order valence-electron chi connectivity index (χ1n) is 4.15. The molecule has 0 saturated carbocycles. The van der Waals surface area contributed by atoms with Gasteiger partial charge in [0.15, 0.2) is 0 Å². The summed E-state index contributed by atoms with van der Waals surface area (Å²) in [7, 11) is 0. The van der Waals surface area contributed by atoms with Crippen LogP contribution in [0.2, 0.25) is 0 Å². The first-order chi connectivity index (χ1) is 5.84. The van der Waals surface area contributed by atoms with Crippen LogP contribution >= 0.6 is 22.6 Å². The summed E-state index contributed by atoms with van der Waals surface area (Å²) in [5.74, 6) is 0. The summed E-state index contributed by atoms with van der Waals surface area (Å²) in [5, 5.41) is 4.30. The number of hydrogen-bond acceptors (Lipinski definition) is 2. The highest BCUT2D eigenvalue weighted by molar-refractivity contribution is 14.1. The van der Waals surface area contributed by atoms with Crippen LogP contribution in [0.15, 0.2) is 12.3 Å². The molecular formula is C8H11IN2O. The van der Waals surface area contributed by atoms with E-state index >= 15 is 0 Å². The second kappa shape index (κ2) is 3.74. The molecule has 0 aromatic carbocycles. The van der Waals surface area contributed by atoms with Crippen LogP contribution in [0.3, 0.4) is 0 Å². The average Bonchev–Trinajstić information content (AvgIpc) is 2.63. The maximum atomic E-state index is 5.50. The van der Waals surface area contributed by atoms with Crippen molar-refractivity contribution in [2.45, 2.75) is 25.5 Å². The number of ether oxygens (including phenoxy) is 1. The molecule has 1 saturated heterocycles. The van der Waals surface area contributed by atoms with E-state index in [1.54, 1.807) is 0 Å². The standard InChI is InChI=1S/C8H11IN2O/c9-8-3-4-11(10-8)6-7-2-1-5-12-7/h3-4,7H,1-2,5-6H2. The van der Waals surface area contributed by atoms with E-state index in [0.717, 1.165) is 16.9 Å². The van der Waals surface area contributed by atoms with Gasteiger partial charge in [0.05, 0.1) is 12.6 Å². The third kappa shape index (κ3) is 1.98. The molecule has 1 aliphatic heterocycles. The van der Waals surface area contributed by atoms with Crippen molar-refractivity contribution in [1.29, 1.82) is 0 Å². The van der Waals surface area contributed by atoms with Gasteiger partial charge in [0, 0.05) is 12.8 Å². The molecule has 1 aromatic heterocycles. The van der Waals surface area contributed by atoms with E-state index in [4.69, 9.17) is 4.74 Å². The largest absolute Gasteiger partial charge is 0.376 e. The Balaban J connectivity index is 1.94. The molecule has 0 N–H and O–H groups in total. The van der Waals surface area contributed by atoms with Gasteiger partial charge in [-0.2, -0.15) is 5.10 Å². The molecule has 2 rings (SSSR count). The topological polar surface area (TPSA) is 27.1 Å². The van der Waals surface area contributed by atoms with Crippen molar-refractivity contribution >= 4 is 22.6 Å². The Hall–Kier alpha value is -0.100. The summed E-state index contributed by atoms with van der Waals surface area (Å²) < 4.78 is 8.51. The zero-order chi connectivity index (χ0) is 8.39. The van der Waals surface area contributed by atoms with Gasteiger partial charge in [-0.1, -0.05) is 0 Å². The maximum absolute atomic E-state index is 5.50. The van der Waals surface area contributed by atoms with E-state index in [0.29, 0.717) is 6.10 Å². The highest BCUT2D eigenvalue weighted by Crippen LogP contribution is 2.13. The van der Waals surface area contributed by atoms with Gasteiger partial charge in [0.1, 0.15) is 3.70 Å². The number of halogens is 1. The Morgan fingerprint density at radius 3 is 3.25 bits per heavy atom. The third-order valence-corrected chi connectivity index (χ3v) is 2.60. The van der Waals surface area contributed by atoms with Gasteiger partial charge >= 0.3 is 0 Å². The Kier molecular flexibility index (Phi) is 2.65. The van der Waals surface area contributed by atoms with E-state index in [9.17, 15) is 0 Å². The first kappa shape index (κ1) is 8.50. The van der Waals surface area contributed by atoms with Gasteiger partial charge in [-0.3, -0.25) is 4.68 Å². The zero-order valence-corrected chi connectivity index (χ0v) is 8.90. The highest BCUT2D eigenvalue weighted by Gasteiger charge is 2.15. The van der Waals surface area contributed by atoms with Crippen LogP contribution in [0.1, 0.15) is 12.8 Å². The molecular weight excluding hydrogens is 267 g/mol. The van der Waals surface area contributed by atoms with Gasteiger partial charge < -0.3 is 4.74 Å². The minimum absolute atomic E-state index is 0.390. The minimum Gasteiger partial charge on any atom is -0.376 e. The van der Waals surface area contributed by atoms with Crippen LogP contribution in [0, 0.1) is 3.70 Å². The lowest BCUT2D eigenvalue weighted by molar-refractivity contribution is 0.0939. The van der Waals surface area contributed by atoms with Crippen molar-refractivity contribution in [1.82, 2.24) is 9.78 Å². The number of nitrogens with zero attached hydrogens (tertiary/aromatic N) is 2. The van der Waals surface area contributed by atoms with Crippen LogP contribution in [-0.2, 0) is 11.3 Å². The highest BCUT2D eigenvalue weighted by atomic mass is 127. The van der Waals surface area contributed by atoms with Crippen molar-refractivity contribution in [2.75, 3.05) is 6.61 Å². The monoisotopic (exact) mass is 278 g/mol. The molecule has 1 aliphatic rings. The molecule has 0 spiro atoms. The van der Waals surface area contributed by atoms with Crippen molar-refractivity contribution in [3.05, 3.63) is 16.0 Å². The minimum atomic E-state index is 0.390. The SMILES string of the molecule is Ic1ccn(CC2CCCO2)n1. The lowest BCUT2D eigenvalue weighted by Crippen LogP contribution is -2.15. The smallest absolute Gasteiger partial charge is 0.123 e. The van der Waals surface area contributed by atoms with Gasteiger partial charge in [-0.05, 0) is 41.5 Å². The fraction of sp³-hybridized carbons (Fsp3) is 0.625. The Bertz CT molecular complexity index is 255. The summed E-state index contributed by atoms with van der Waals surface area (Å²) >= 11 is 2.21. The van der Waals surface area contributed by atoms with E-state index < -0.39 is 0 Å². The molecule has 1 atom stereocenters. The summed E-state index contributed by atoms with van der Waals surface area (Å²) in [5.41, 5.74) is 0. The molecule has 0 amide bonds. The summed E-state index contributed by atoms with van der Waals surface area (Å²) in [4.78, 5) is 0. The number of aromatic nitrogens is 2. The van der Waals surface area contributed by atoms with Crippen molar-refractivity contribution in [3.63, 3.8) is 0 Å². The van der Waals surface area contributed by atoms with E-state index in [1.807, 2.05) is 16.9 Å². The lowest BCUT2D eigenvalue weighted by Gasteiger charge is -2.08. The van der Waals surface area contributed by atoms with Crippen LogP contribution in [0.4, 0.5) is 0 Å². The molecule has 4 heteroatoms. The van der Waals surface area contributed by atoms with Crippen molar-refractivity contribution in [3.8, 4) is 0 Å². The van der Waals surface area contributed by atoms with Crippen molar-refractivity contribution < 1.29 is 4.74 Å². The maximum Gasteiger partial charge on any atom is 0.123 e. The molecule has 1 aromatic rings. The quantitative estimate of drug-likeness (QED) is 0.769.